The minimum absolute atomic E-state index is 0.0344. The SMILES string of the molecule is O=S(=O)(O)c1ccc(Cl)c(C2(C3(c4cc(S(=O)(=O)O)ccc4Cl)N=C(c4ccccc4)C(c4ccccc4)=N3)N=C(c3ccccc3)C(c3ccccc3)=N2)c1. The van der Waals surface area contributed by atoms with Crippen molar-refractivity contribution in [2.75, 3.05) is 0 Å². The molecule has 14 heteroatoms. The van der Waals surface area contributed by atoms with Gasteiger partial charge in [0.15, 0.2) is 0 Å². The standard InChI is InChI=1S/C42H28Cl2N4O6S2/c43-35-23-21-31(55(49,50)51)25-33(35)41(45-37(27-13-5-1-6-14-27)38(46-41)28-15-7-2-8-16-28)42(34-26-32(56(52,53)54)22-24-36(34)44)47-39(29-17-9-3-10-18-29)40(48-42)30-19-11-4-12-20-30/h1-26H,(H,49,50,51)(H,52,53,54). The summed E-state index contributed by atoms with van der Waals surface area (Å²) in [6, 6.07) is 43.7. The molecule has 6 aromatic rings. The molecule has 56 heavy (non-hydrogen) atoms. The maximum Gasteiger partial charge on any atom is 0.294 e. The van der Waals surface area contributed by atoms with E-state index in [4.69, 9.17) is 43.2 Å². The van der Waals surface area contributed by atoms with E-state index in [1.165, 1.54) is 12.1 Å². The molecule has 0 aromatic heterocycles. The molecule has 0 aliphatic carbocycles. The fourth-order valence-corrected chi connectivity index (χ4v) is 8.40. The molecule has 2 N–H and O–H groups in total. The van der Waals surface area contributed by atoms with Gasteiger partial charge in [-0.05, 0) is 36.4 Å². The number of aliphatic imine (C=N–C) groups is 4. The predicted molar refractivity (Wildman–Crippen MR) is 218 cm³/mol. The van der Waals surface area contributed by atoms with Gasteiger partial charge >= 0.3 is 0 Å². The molecule has 0 atom stereocenters. The average Bonchev–Trinajstić information content (AvgIpc) is 3.81. The predicted octanol–water partition coefficient (Wildman–Crippen LogP) is 8.48. The molecule has 2 aliphatic rings. The lowest BCUT2D eigenvalue weighted by Gasteiger charge is -2.39. The van der Waals surface area contributed by atoms with E-state index in [0.717, 1.165) is 24.3 Å². The van der Waals surface area contributed by atoms with Gasteiger partial charge < -0.3 is 0 Å². The van der Waals surface area contributed by atoms with Crippen molar-refractivity contribution < 1.29 is 25.9 Å². The summed E-state index contributed by atoms with van der Waals surface area (Å²) in [4.78, 5) is 20.5. The molecular weight excluding hydrogens is 792 g/mol. The first-order chi connectivity index (χ1) is 26.8. The second kappa shape index (κ2) is 14.2. The molecule has 6 aromatic carbocycles. The molecule has 0 bridgehead atoms. The molecule has 0 saturated carbocycles. The van der Waals surface area contributed by atoms with Gasteiger partial charge in [0.25, 0.3) is 20.2 Å². The van der Waals surface area contributed by atoms with E-state index < -0.39 is 41.4 Å². The summed E-state index contributed by atoms with van der Waals surface area (Å²) in [5, 5.41) is -0.0687. The van der Waals surface area contributed by atoms with Crippen LogP contribution in [0.3, 0.4) is 0 Å². The summed E-state index contributed by atoms with van der Waals surface area (Å²) >= 11 is 14.2. The Morgan fingerprint density at radius 1 is 0.393 bits per heavy atom. The highest BCUT2D eigenvalue weighted by Crippen LogP contribution is 2.57. The second-order valence-electron chi connectivity index (χ2n) is 12.9. The summed E-state index contributed by atoms with van der Waals surface area (Å²) in [5.74, 6) is 0. The smallest absolute Gasteiger partial charge is 0.282 e. The van der Waals surface area contributed by atoms with Crippen molar-refractivity contribution in [2.45, 2.75) is 21.1 Å². The maximum absolute atomic E-state index is 12.8. The summed E-state index contributed by atoms with van der Waals surface area (Å²) < 4.78 is 72.0. The lowest BCUT2D eigenvalue weighted by Crippen LogP contribution is -2.43. The van der Waals surface area contributed by atoms with Crippen LogP contribution in [0.2, 0.25) is 10.0 Å². The van der Waals surface area contributed by atoms with Gasteiger partial charge in [-0.25, -0.2) is 20.0 Å². The van der Waals surface area contributed by atoms with Crippen molar-refractivity contribution in [3.05, 3.63) is 201 Å². The van der Waals surface area contributed by atoms with Crippen LogP contribution in [0.5, 0.6) is 0 Å². The van der Waals surface area contributed by atoms with Crippen LogP contribution in [-0.4, -0.2) is 48.8 Å². The Morgan fingerprint density at radius 3 is 0.875 bits per heavy atom. The van der Waals surface area contributed by atoms with E-state index in [9.17, 15) is 25.9 Å². The molecule has 278 valence electrons. The van der Waals surface area contributed by atoms with Gasteiger partial charge in [-0.1, -0.05) is 145 Å². The van der Waals surface area contributed by atoms with Crippen molar-refractivity contribution in [1.82, 2.24) is 0 Å². The molecule has 0 unspecified atom stereocenters. The maximum atomic E-state index is 12.8. The highest BCUT2D eigenvalue weighted by molar-refractivity contribution is 7.86. The monoisotopic (exact) mass is 818 g/mol. The number of rotatable bonds is 9. The Hall–Kier alpha value is -5.60. The molecule has 0 amide bonds. The third-order valence-corrected chi connectivity index (χ3v) is 11.8. The molecule has 0 saturated heterocycles. The van der Waals surface area contributed by atoms with Gasteiger partial charge in [0.2, 0.25) is 11.3 Å². The fraction of sp³-hybridized carbons (Fsp3) is 0.0476. The fourth-order valence-electron chi connectivity index (χ4n) is 6.89. The number of nitrogens with zero attached hydrogens (tertiary/aromatic N) is 4. The molecule has 0 radical (unpaired) electrons. The second-order valence-corrected chi connectivity index (χ2v) is 16.5. The molecule has 0 fully saturated rings. The Kier molecular flexibility index (Phi) is 9.44. The lowest BCUT2D eigenvalue weighted by molar-refractivity contribution is 0.256. The molecule has 0 spiro atoms. The Balaban J connectivity index is 1.63. The van der Waals surface area contributed by atoms with Gasteiger partial charge in [0.1, 0.15) is 0 Å². The Bertz CT molecular complexity index is 2560. The first-order valence-electron chi connectivity index (χ1n) is 17.0. The first kappa shape index (κ1) is 37.3. The van der Waals surface area contributed by atoms with Crippen molar-refractivity contribution >= 4 is 66.3 Å². The molecule has 2 heterocycles. The molecule has 10 nitrogen and oxygen atoms in total. The third kappa shape index (κ3) is 6.49. The largest absolute Gasteiger partial charge is 0.294 e. The van der Waals surface area contributed by atoms with Crippen LogP contribution in [0.1, 0.15) is 33.4 Å². The molecule has 2 aliphatic heterocycles. The lowest BCUT2D eigenvalue weighted by atomic mass is 9.82. The zero-order valence-corrected chi connectivity index (χ0v) is 32.0. The summed E-state index contributed by atoms with van der Waals surface area (Å²) in [6.07, 6.45) is 0. The van der Waals surface area contributed by atoms with E-state index in [2.05, 4.69) is 0 Å². The molecular formula is C42H28Cl2N4O6S2. The van der Waals surface area contributed by atoms with Crippen LogP contribution in [0.4, 0.5) is 0 Å². The zero-order valence-electron chi connectivity index (χ0n) is 28.9. The molecule has 8 rings (SSSR count). The van der Waals surface area contributed by atoms with Crippen LogP contribution in [0.25, 0.3) is 0 Å². The average molecular weight is 820 g/mol. The van der Waals surface area contributed by atoms with E-state index >= 15 is 0 Å². The summed E-state index contributed by atoms with van der Waals surface area (Å²) in [6.45, 7) is 0. The highest BCUT2D eigenvalue weighted by Gasteiger charge is 2.62. The van der Waals surface area contributed by atoms with Crippen molar-refractivity contribution in [3.63, 3.8) is 0 Å². The van der Waals surface area contributed by atoms with Crippen LogP contribution in [0, 0.1) is 0 Å². The van der Waals surface area contributed by atoms with E-state index in [1.54, 1.807) is 0 Å². The van der Waals surface area contributed by atoms with Crippen molar-refractivity contribution in [3.8, 4) is 0 Å². The van der Waals surface area contributed by atoms with Crippen LogP contribution >= 0.6 is 23.2 Å². The summed E-state index contributed by atoms with van der Waals surface area (Å²) in [5.41, 5.74) is -0.746. The number of benzene rings is 6. The first-order valence-corrected chi connectivity index (χ1v) is 20.6. The van der Waals surface area contributed by atoms with Crippen molar-refractivity contribution in [2.24, 2.45) is 20.0 Å². The topological polar surface area (TPSA) is 158 Å². The van der Waals surface area contributed by atoms with Gasteiger partial charge in [0, 0.05) is 43.4 Å². The minimum Gasteiger partial charge on any atom is -0.282 e. The Morgan fingerprint density at radius 2 is 0.643 bits per heavy atom. The quantitative estimate of drug-likeness (QED) is 0.139. The number of hydrogen-bond acceptors (Lipinski definition) is 8. The van der Waals surface area contributed by atoms with Gasteiger partial charge in [-0.3, -0.25) is 9.11 Å². The van der Waals surface area contributed by atoms with Crippen LogP contribution < -0.4 is 0 Å². The zero-order chi connectivity index (χ0) is 39.3. The van der Waals surface area contributed by atoms with Gasteiger partial charge in [-0.15, -0.1) is 0 Å². The number of halogens is 2. The normalized spacial score (nSPS) is 16.1. The van der Waals surface area contributed by atoms with Gasteiger partial charge in [0.05, 0.1) is 32.6 Å². The van der Waals surface area contributed by atoms with E-state index in [0.29, 0.717) is 45.1 Å². The van der Waals surface area contributed by atoms with Gasteiger partial charge in [-0.2, -0.15) is 16.8 Å². The summed E-state index contributed by atoms with van der Waals surface area (Å²) in [7, 11) is -9.69. The third-order valence-electron chi connectivity index (χ3n) is 9.44. The van der Waals surface area contributed by atoms with Crippen LogP contribution in [-0.2, 0) is 31.6 Å². The number of hydrogen-bond donors (Lipinski definition) is 2. The minimum atomic E-state index is -4.85. The Labute approximate surface area is 332 Å². The van der Waals surface area contributed by atoms with E-state index in [-0.39, 0.29) is 21.2 Å². The van der Waals surface area contributed by atoms with Crippen LogP contribution in [0.15, 0.2) is 187 Å². The van der Waals surface area contributed by atoms with Crippen molar-refractivity contribution in [1.29, 1.82) is 0 Å². The highest BCUT2D eigenvalue weighted by atomic mass is 35.5. The van der Waals surface area contributed by atoms with E-state index in [1.807, 2.05) is 121 Å².